The minimum absolute atomic E-state index is 0.162. The predicted octanol–water partition coefficient (Wildman–Crippen LogP) is 2.54. The Bertz CT molecular complexity index is 697. The summed E-state index contributed by atoms with van der Waals surface area (Å²) in [6.45, 7) is 1.96. The molecule has 12 heteroatoms. The van der Waals surface area contributed by atoms with E-state index in [4.69, 9.17) is 17.3 Å². The molecule has 0 aromatic heterocycles. The van der Waals surface area contributed by atoms with E-state index in [0.29, 0.717) is 5.02 Å². The standard InChI is InChI=1S/C15H17ClF3N3O5/c1-3-25-12(23)14(15(17,18)19,21-13(24)26-4-2)27-22-11(20)9-5-7-10(16)8-6-9/h5-8H,3-4H2,1-2H3,(H2,20,22)(H,21,24)/t14-/m0/s1. The minimum Gasteiger partial charge on any atom is -0.461 e. The number of benzene rings is 1. The molecule has 0 spiro atoms. The summed E-state index contributed by atoms with van der Waals surface area (Å²) in [7, 11) is 0. The summed E-state index contributed by atoms with van der Waals surface area (Å²) in [5.74, 6) is -2.45. The SMILES string of the molecule is CCOC(=O)N[C@](O/N=C(/N)c1ccc(Cl)cc1)(C(=O)OCC)C(F)(F)F. The van der Waals surface area contributed by atoms with Crippen molar-refractivity contribution in [2.75, 3.05) is 13.2 Å². The van der Waals surface area contributed by atoms with Crippen LogP contribution in [0.5, 0.6) is 0 Å². The average Bonchev–Trinajstić information content (AvgIpc) is 2.58. The number of carbonyl (C=O) groups excluding carboxylic acids is 2. The summed E-state index contributed by atoms with van der Waals surface area (Å²) in [5, 5.41) is 4.80. The van der Waals surface area contributed by atoms with Crippen molar-refractivity contribution in [3.63, 3.8) is 0 Å². The van der Waals surface area contributed by atoms with Gasteiger partial charge in [0.2, 0.25) is 0 Å². The van der Waals surface area contributed by atoms with Crippen LogP contribution in [0, 0.1) is 0 Å². The zero-order valence-corrected chi connectivity index (χ0v) is 15.1. The number of nitrogens with one attached hydrogen (secondary N) is 1. The van der Waals surface area contributed by atoms with E-state index in [0.717, 1.165) is 0 Å². The quantitative estimate of drug-likeness (QED) is 0.234. The van der Waals surface area contributed by atoms with Crippen LogP contribution in [0.15, 0.2) is 29.4 Å². The molecule has 0 aliphatic heterocycles. The number of amidine groups is 1. The van der Waals surface area contributed by atoms with Gasteiger partial charge in [-0.15, -0.1) is 0 Å². The molecule has 1 aromatic carbocycles. The summed E-state index contributed by atoms with van der Waals surface area (Å²) in [4.78, 5) is 27.9. The van der Waals surface area contributed by atoms with Crippen LogP contribution >= 0.6 is 11.6 Å². The molecule has 0 unspecified atom stereocenters. The average molecular weight is 412 g/mol. The summed E-state index contributed by atoms with van der Waals surface area (Å²) >= 11 is 5.71. The van der Waals surface area contributed by atoms with Crippen molar-refractivity contribution < 1.29 is 37.1 Å². The number of alkyl carbamates (subject to hydrolysis) is 1. The number of carbonyl (C=O) groups is 2. The van der Waals surface area contributed by atoms with Gasteiger partial charge in [-0.3, -0.25) is 5.32 Å². The van der Waals surface area contributed by atoms with Gasteiger partial charge in [0, 0.05) is 10.6 Å². The maximum absolute atomic E-state index is 13.6. The molecule has 27 heavy (non-hydrogen) atoms. The van der Waals surface area contributed by atoms with Gasteiger partial charge in [-0.1, -0.05) is 16.8 Å². The number of alkyl halides is 3. The predicted molar refractivity (Wildman–Crippen MR) is 88.8 cm³/mol. The Balaban J connectivity index is 3.29. The maximum atomic E-state index is 13.6. The molecule has 1 atom stereocenters. The molecular weight excluding hydrogens is 395 g/mol. The van der Waals surface area contributed by atoms with E-state index in [9.17, 15) is 22.8 Å². The molecule has 0 fully saturated rings. The number of amides is 1. The first-order chi connectivity index (χ1) is 12.6. The summed E-state index contributed by atoms with van der Waals surface area (Å²) in [5.41, 5.74) is 1.79. The molecule has 8 nitrogen and oxygen atoms in total. The van der Waals surface area contributed by atoms with Crippen LogP contribution in [-0.4, -0.2) is 43.0 Å². The fourth-order valence-electron chi connectivity index (χ4n) is 1.68. The van der Waals surface area contributed by atoms with Crippen LogP contribution in [0.3, 0.4) is 0 Å². The Morgan fingerprint density at radius 1 is 1.15 bits per heavy atom. The highest BCUT2D eigenvalue weighted by atomic mass is 35.5. The van der Waals surface area contributed by atoms with Crippen LogP contribution in [-0.2, 0) is 19.1 Å². The van der Waals surface area contributed by atoms with E-state index in [1.165, 1.54) is 43.4 Å². The molecule has 1 amide bonds. The molecule has 1 rings (SSSR count). The molecular formula is C15H17ClF3N3O5. The lowest BCUT2D eigenvalue weighted by molar-refractivity contribution is -0.285. The normalized spacial score (nSPS) is 14.1. The number of esters is 1. The smallest absolute Gasteiger partial charge is 0.461 e. The third kappa shape index (κ3) is 5.64. The first-order valence-corrected chi connectivity index (χ1v) is 7.91. The number of nitrogens with zero attached hydrogens (tertiary/aromatic N) is 1. The largest absolute Gasteiger partial charge is 0.463 e. The molecule has 0 heterocycles. The van der Waals surface area contributed by atoms with E-state index < -0.39 is 36.4 Å². The van der Waals surface area contributed by atoms with Gasteiger partial charge >= 0.3 is 24.0 Å². The fraction of sp³-hybridized carbons (Fsp3) is 0.400. The highest BCUT2D eigenvalue weighted by molar-refractivity contribution is 6.30. The van der Waals surface area contributed by atoms with Gasteiger partial charge in [0.15, 0.2) is 5.84 Å². The first kappa shape index (κ1) is 22.4. The van der Waals surface area contributed by atoms with Crippen LogP contribution in [0.2, 0.25) is 5.02 Å². The Morgan fingerprint density at radius 2 is 1.70 bits per heavy atom. The zero-order valence-electron chi connectivity index (χ0n) is 14.3. The van der Waals surface area contributed by atoms with Crippen LogP contribution < -0.4 is 11.1 Å². The van der Waals surface area contributed by atoms with Gasteiger partial charge in [-0.2, -0.15) is 13.2 Å². The van der Waals surface area contributed by atoms with Gasteiger partial charge in [-0.05, 0) is 38.1 Å². The summed E-state index contributed by atoms with van der Waals surface area (Å²) in [6.07, 6.45) is -7.02. The van der Waals surface area contributed by atoms with E-state index >= 15 is 0 Å². The lowest BCUT2D eigenvalue weighted by atomic mass is 10.2. The highest BCUT2D eigenvalue weighted by Gasteiger charge is 2.67. The number of ether oxygens (including phenoxy) is 2. The number of halogens is 4. The number of oxime groups is 1. The molecule has 0 bridgehead atoms. The monoisotopic (exact) mass is 411 g/mol. The van der Waals surface area contributed by atoms with Gasteiger partial charge in [-0.25, -0.2) is 9.59 Å². The van der Waals surface area contributed by atoms with Crippen molar-refractivity contribution in [3.8, 4) is 0 Å². The molecule has 0 aliphatic rings. The minimum atomic E-state index is -5.45. The van der Waals surface area contributed by atoms with Gasteiger partial charge in [0.25, 0.3) is 0 Å². The van der Waals surface area contributed by atoms with E-state index in [1.54, 1.807) is 0 Å². The Labute approximate surface area is 157 Å². The van der Waals surface area contributed by atoms with Crippen molar-refractivity contribution in [2.45, 2.75) is 25.7 Å². The number of nitrogens with two attached hydrogens (primary N) is 1. The van der Waals surface area contributed by atoms with Crippen LogP contribution in [0.25, 0.3) is 0 Å². The molecule has 150 valence electrons. The van der Waals surface area contributed by atoms with Crippen LogP contribution in [0.4, 0.5) is 18.0 Å². The van der Waals surface area contributed by atoms with E-state index in [-0.39, 0.29) is 12.2 Å². The van der Waals surface area contributed by atoms with Crippen molar-refractivity contribution in [1.82, 2.24) is 5.32 Å². The fourth-order valence-corrected chi connectivity index (χ4v) is 1.81. The number of hydrogen-bond acceptors (Lipinski definition) is 6. The third-order valence-electron chi connectivity index (χ3n) is 2.94. The van der Waals surface area contributed by atoms with E-state index in [2.05, 4.69) is 19.5 Å². The van der Waals surface area contributed by atoms with Crippen molar-refractivity contribution in [1.29, 1.82) is 0 Å². The number of rotatable bonds is 7. The van der Waals surface area contributed by atoms with Gasteiger partial charge in [0.1, 0.15) is 0 Å². The lowest BCUT2D eigenvalue weighted by Crippen LogP contribution is -2.65. The number of hydrogen-bond donors (Lipinski definition) is 2. The van der Waals surface area contributed by atoms with Gasteiger partial charge < -0.3 is 20.0 Å². The highest BCUT2D eigenvalue weighted by Crippen LogP contribution is 2.33. The second kappa shape index (κ2) is 9.31. The van der Waals surface area contributed by atoms with Crippen LogP contribution in [0.1, 0.15) is 19.4 Å². The van der Waals surface area contributed by atoms with Crippen molar-refractivity contribution in [3.05, 3.63) is 34.9 Å². The first-order valence-electron chi connectivity index (χ1n) is 7.53. The maximum Gasteiger partial charge on any atom is 0.463 e. The Kier molecular flexibility index (Phi) is 7.70. The molecule has 0 saturated carbocycles. The molecule has 0 saturated heterocycles. The molecule has 3 N–H and O–H groups in total. The van der Waals surface area contributed by atoms with Gasteiger partial charge in [0.05, 0.1) is 13.2 Å². The van der Waals surface area contributed by atoms with E-state index in [1.807, 2.05) is 0 Å². The zero-order chi connectivity index (χ0) is 20.7. The summed E-state index contributed by atoms with van der Waals surface area (Å²) < 4.78 is 49.7. The molecule has 0 radical (unpaired) electrons. The third-order valence-corrected chi connectivity index (χ3v) is 3.19. The summed E-state index contributed by atoms with van der Waals surface area (Å²) in [6, 6.07) is 5.56. The van der Waals surface area contributed by atoms with Crippen molar-refractivity contribution >= 4 is 29.5 Å². The topological polar surface area (TPSA) is 112 Å². The second-order valence-corrected chi connectivity index (χ2v) is 5.26. The molecule has 0 aliphatic carbocycles. The lowest BCUT2D eigenvalue weighted by Gasteiger charge is -2.30. The van der Waals surface area contributed by atoms with Crippen molar-refractivity contribution in [2.24, 2.45) is 10.9 Å². The second-order valence-electron chi connectivity index (χ2n) is 4.82. The molecule has 1 aromatic rings. The Morgan fingerprint density at radius 3 is 2.19 bits per heavy atom. The Hall–Kier alpha value is -2.69.